The summed E-state index contributed by atoms with van der Waals surface area (Å²) in [5.74, 6) is 4.20. The van der Waals surface area contributed by atoms with Gasteiger partial charge in [-0.1, -0.05) is 100 Å². The first-order chi connectivity index (χ1) is 9.58. The van der Waals surface area contributed by atoms with Gasteiger partial charge in [-0.05, 0) is 11.8 Å². The number of fused-ring (bicyclic) bond motifs is 4. The van der Waals surface area contributed by atoms with Gasteiger partial charge in [0.15, 0.2) is 0 Å². The van der Waals surface area contributed by atoms with Gasteiger partial charge in [0.1, 0.15) is 14.6 Å². The molecule has 0 aliphatic carbocycles. The first-order valence-electron chi connectivity index (χ1n) is 9.58. The fraction of sp³-hybridized carbons (Fsp3) is 1.00. The normalized spacial score (nSPS) is 48.1. The van der Waals surface area contributed by atoms with Gasteiger partial charge in [-0.25, -0.2) is 0 Å². The minimum atomic E-state index is 0.809. The van der Waals surface area contributed by atoms with E-state index in [1.807, 2.05) is 0 Å². The van der Waals surface area contributed by atoms with Gasteiger partial charge in [0.05, 0.1) is 0 Å². The highest BCUT2D eigenvalue weighted by Crippen LogP contribution is 2.63. The Balaban J connectivity index is 1.35. The Hall–Kier alpha value is 0.130. The van der Waals surface area contributed by atoms with Gasteiger partial charge in [-0.2, -0.15) is 0 Å². The molecule has 4 aliphatic rings. The van der Waals surface area contributed by atoms with Gasteiger partial charge in [0.25, 0.3) is 0 Å². The lowest BCUT2D eigenvalue weighted by atomic mass is 9.50. The molecule has 110 valence electrons. The van der Waals surface area contributed by atoms with Crippen molar-refractivity contribution in [2.45, 2.75) is 100 Å². The molecule has 2 unspecified atom stereocenters. The fourth-order valence-corrected chi connectivity index (χ4v) is 6.96. The van der Waals surface area contributed by atoms with Crippen molar-refractivity contribution in [3.05, 3.63) is 0 Å². The molecular weight excluding hydrogens is 238 g/mol. The lowest BCUT2D eigenvalue weighted by Crippen LogP contribution is -2.23. The van der Waals surface area contributed by atoms with Crippen molar-refractivity contribution >= 4 is 14.6 Å². The maximum atomic E-state index is 2.59. The van der Waals surface area contributed by atoms with Crippen molar-refractivity contribution in [2.24, 2.45) is 11.8 Å². The first kappa shape index (κ1) is 13.8. The summed E-state index contributed by atoms with van der Waals surface area (Å²) in [6, 6.07) is 0. The van der Waals surface area contributed by atoms with Crippen LogP contribution < -0.4 is 0 Å². The molecule has 0 saturated carbocycles. The van der Waals surface area contributed by atoms with Crippen LogP contribution >= 0.6 is 0 Å². The van der Waals surface area contributed by atoms with Crippen molar-refractivity contribution < 1.29 is 0 Å². The van der Waals surface area contributed by atoms with Gasteiger partial charge in [-0.3, -0.25) is 0 Å². The third-order valence-corrected chi connectivity index (χ3v) is 8.26. The molecule has 4 aliphatic heterocycles. The smallest absolute Gasteiger partial charge is 0.0651 e. The van der Waals surface area contributed by atoms with Crippen molar-refractivity contribution in [1.82, 2.24) is 0 Å². The van der Waals surface area contributed by atoms with E-state index in [0.717, 1.165) is 34.1 Å². The van der Waals surface area contributed by atoms with Crippen LogP contribution in [-0.2, 0) is 0 Å². The van der Waals surface area contributed by atoms with E-state index >= 15 is 0 Å². The van der Waals surface area contributed by atoms with E-state index in [1.54, 1.807) is 78.8 Å². The highest BCUT2D eigenvalue weighted by molar-refractivity contribution is 6.44. The first-order valence-corrected chi connectivity index (χ1v) is 9.58. The molecule has 0 aromatic carbocycles. The van der Waals surface area contributed by atoms with Crippen LogP contribution in [0.2, 0.25) is 22.3 Å². The predicted octanol–water partition coefficient (Wildman–Crippen LogP) is 4.98. The van der Waals surface area contributed by atoms with E-state index in [-0.39, 0.29) is 0 Å². The highest BCUT2D eigenvalue weighted by atomic mass is 14.4. The number of rotatable bonds is 5. The minimum Gasteiger partial charge on any atom is -0.0651 e. The van der Waals surface area contributed by atoms with Crippen LogP contribution in [0.25, 0.3) is 0 Å². The second-order valence-electron chi connectivity index (χ2n) is 9.66. The van der Waals surface area contributed by atoms with Crippen LogP contribution in [0.15, 0.2) is 0 Å². The molecule has 0 spiro atoms. The molecule has 20 heavy (non-hydrogen) atoms. The molecule has 4 bridgehead atoms. The summed E-state index contributed by atoms with van der Waals surface area (Å²) >= 11 is 0. The van der Waals surface area contributed by atoms with Crippen LogP contribution in [0.1, 0.15) is 78.1 Å². The maximum absolute atomic E-state index is 2.59. The van der Waals surface area contributed by atoms with Crippen LogP contribution in [-0.4, -0.2) is 14.6 Å². The molecule has 4 rings (SSSR count). The molecule has 4 saturated heterocycles. The Morgan fingerprint density at radius 3 is 1.35 bits per heavy atom. The monoisotopic (exact) mass is 270 g/mol. The molecule has 0 radical (unpaired) electrons. The van der Waals surface area contributed by atoms with E-state index < -0.39 is 0 Å². The zero-order valence-electron chi connectivity index (χ0n) is 13.8. The minimum absolute atomic E-state index is 0.809. The second-order valence-corrected chi connectivity index (χ2v) is 9.66. The van der Waals surface area contributed by atoms with Gasteiger partial charge >= 0.3 is 0 Å². The summed E-state index contributed by atoms with van der Waals surface area (Å²) in [4.78, 5) is 0. The Morgan fingerprint density at radius 2 is 1.10 bits per heavy atom. The van der Waals surface area contributed by atoms with Gasteiger partial charge in [0.2, 0.25) is 0 Å². The Labute approximate surface area is 127 Å². The molecule has 0 aromatic rings. The molecule has 0 amide bonds. The molecular formula is C18H32B2. The van der Waals surface area contributed by atoms with Crippen molar-refractivity contribution in [2.75, 3.05) is 0 Å². The van der Waals surface area contributed by atoms with Crippen LogP contribution in [0, 0.1) is 11.8 Å². The topological polar surface area (TPSA) is 0 Å². The van der Waals surface area contributed by atoms with Crippen LogP contribution in [0.4, 0.5) is 0 Å². The molecule has 4 heterocycles. The third-order valence-electron chi connectivity index (χ3n) is 8.26. The van der Waals surface area contributed by atoms with Gasteiger partial charge in [-0.15, -0.1) is 0 Å². The Morgan fingerprint density at radius 1 is 0.750 bits per heavy atom. The average molecular weight is 270 g/mol. The standard InChI is InChI=1S/C18H32B2/c1-13(11-17-7-3-15(19-17)4-8-17)14(2)12-18-9-5-16(20-18)6-10-18/h13-16,19-20H,3-12H2,1-2H3. The van der Waals surface area contributed by atoms with Crippen LogP contribution in [0.3, 0.4) is 0 Å². The quantitative estimate of drug-likeness (QED) is 0.618. The van der Waals surface area contributed by atoms with Crippen molar-refractivity contribution in [1.29, 1.82) is 0 Å². The van der Waals surface area contributed by atoms with Crippen molar-refractivity contribution in [3.8, 4) is 0 Å². The van der Waals surface area contributed by atoms with E-state index in [9.17, 15) is 0 Å². The molecule has 4 fully saturated rings. The van der Waals surface area contributed by atoms with Gasteiger partial charge < -0.3 is 0 Å². The maximum Gasteiger partial charge on any atom is 0.131 e. The predicted molar refractivity (Wildman–Crippen MR) is 91.7 cm³/mol. The van der Waals surface area contributed by atoms with E-state index in [1.165, 1.54) is 0 Å². The number of hydrogen-bond acceptors (Lipinski definition) is 0. The largest absolute Gasteiger partial charge is 0.131 e. The van der Waals surface area contributed by atoms with Gasteiger partial charge in [0, 0.05) is 0 Å². The third kappa shape index (κ3) is 2.30. The van der Waals surface area contributed by atoms with E-state index in [0.29, 0.717) is 0 Å². The highest BCUT2D eigenvalue weighted by Gasteiger charge is 2.49. The summed E-state index contributed by atoms with van der Waals surface area (Å²) < 4.78 is 0. The fourth-order valence-electron chi connectivity index (χ4n) is 6.96. The number of hydrogen-bond donors (Lipinski definition) is 0. The summed E-state index contributed by atoms with van der Waals surface area (Å²) in [5, 5.41) is 1.62. The van der Waals surface area contributed by atoms with Crippen molar-refractivity contribution in [3.63, 3.8) is 0 Å². The summed E-state index contributed by atoms with van der Waals surface area (Å²) in [6.45, 7) is 5.17. The molecule has 2 atom stereocenters. The Bertz CT molecular complexity index is 326. The summed E-state index contributed by atoms with van der Waals surface area (Å²) in [5.41, 5.74) is 0. The molecule has 2 heteroatoms. The average Bonchev–Trinajstić information content (AvgIpc) is 3.17. The zero-order chi connectivity index (χ0) is 13.8. The Kier molecular flexibility index (Phi) is 3.32. The lowest BCUT2D eigenvalue weighted by molar-refractivity contribution is 0.245. The van der Waals surface area contributed by atoms with E-state index in [2.05, 4.69) is 13.8 Å². The SMILES string of the molecule is CC(CC12BC(CC1)CC2)C(C)CC12BC(CC1)CC2. The zero-order valence-corrected chi connectivity index (χ0v) is 13.8. The van der Waals surface area contributed by atoms with Crippen LogP contribution in [0.5, 0.6) is 0 Å². The summed E-state index contributed by atoms with van der Waals surface area (Å²) in [7, 11) is 3.19. The molecule has 0 nitrogen and oxygen atoms in total. The van der Waals surface area contributed by atoms with E-state index in [4.69, 9.17) is 0 Å². The summed E-state index contributed by atoms with van der Waals surface area (Å²) in [6.07, 6.45) is 15.7. The molecule has 0 aromatic heterocycles. The lowest BCUT2D eigenvalue weighted by Gasteiger charge is -2.36. The second kappa shape index (κ2) is 4.82. The molecule has 0 N–H and O–H groups in total.